The summed E-state index contributed by atoms with van der Waals surface area (Å²) in [6, 6.07) is 16.5. The van der Waals surface area contributed by atoms with E-state index < -0.39 is 17.8 Å². The molecule has 2 aromatic carbocycles. The van der Waals surface area contributed by atoms with E-state index in [9.17, 15) is 0 Å². The van der Waals surface area contributed by atoms with E-state index in [1.54, 1.807) is 13.3 Å². The van der Waals surface area contributed by atoms with E-state index in [-0.39, 0.29) is 10.6 Å². The fourth-order valence-electron chi connectivity index (χ4n) is 6.70. The summed E-state index contributed by atoms with van der Waals surface area (Å²) in [6.45, 7) is 19.4. The molecule has 0 radical (unpaired) electrons. The third kappa shape index (κ3) is 8.33. The first-order valence-electron chi connectivity index (χ1n) is 18.2. The smallest absolute Gasteiger partial charge is 0.209 e. The van der Waals surface area contributed by atoms with Crippen LogP contribution < -0.4 is 10.1 Å². The number of nitrogens with one attached hydrogen (secondary N) is 1. The van der Waals surface area contributed by atoms with Crippen LogP contribution in [0.3, 0.4) is 0 Å². The number of ether oxygens (including phenoxy) is 2. The van der Waals surface area contributed by atoms with Gasteiger partial charge in [-0.1, -0.05) is 71.8 Å². The molecule has 0 atom stereocenters. The van der Waals surface area contributed by atoms with E-state index in [4.69, 9.17) is 24.0 Å². The van der Waals surface area contributed by atoms with Crippen LogP contribution in [0.15, 0.2) is 54.9 Å². The van der Waals surface area contributed by atoms with Gasteiger partial charge in [-0.2, -0.15) is 5.10 Å². The number of nitrogens with zero attached hydrogens (tertiary/aromatic N) is 5. The Labute approximate surface area is 301 Å². The zero-order valence-corrected chi connectivity index (χ0v) is 34.0. The topological polar surface area (TPSA) is 88.3 Å². The minimum Gasteiger partial charge on any atom is -0.496 e. The van der Waals surface area contributed by atoms with Crippen molar-refractivity contribution in [1.82, 2.24) is 24.3 Å². The van der Waals surface area contributed by atoms with Gasteiger partial charge in [-0.15, -0.1) is 0 Å². The molecule has 268 valence electrons. The van der Waals surface area contributed by atoms with Crippen molar-refractivity contribution in [2.75, 3.05) is 19.0 Å². The van der Waals surface area contributed by atoms with E-state index in [2.05, 4.69) is 106 Å². The van der Waals surface area contributed by atoms with Gasteiger partial charge in [0, 0.05) is 44.1 Å². The predicted molar refractivity (Wildman–Crippen MR) is 211 cm³/mol. The quantitative estimate of drug-likeness (QED) is 0.0961. The Bertz CT molecular complexity index is 1930. The molecule has 6 rings (SSSR count). The molecule has 11 heteroatoms. The van der Waals surface area contributed by atoms with Gasteiger partial charge in [0.15, 0.2) is 15.6 Å². The second-order valence-corrected chi connectivity index (χ2v) is 25.1. The van der Waals surface area contributed by atoms with Gasteiger partial charge in [-0.05, 0) is 79.2 Å². The van der Waals surface area contributed by atoms with Crippen LogP contribution in [0.4, 0.5) is 11.8 Å². The Hall–Kier alpha value is -3.52. The van der Waals surface area contributed by atoms with Crippen molar-refractivity contribution in [2.45, 2.75) is 116 Å². The van der Waals surface area contributed by atoms with Crippen LogP contribution in [0.2, 0.25) is 30.7 Å². The standard InChI is InChI=1S/C39H56N6O3Si2/c1-38(2,3)49-48-39(4,5)28-16-18-34-32(24-28)41-37(45(34)29-13-11-10-12-14-29)42-36-30-23-27(31-25-40-20-19-35(31)46-6)15-17-33(30)44(43-36)26-47-21-22-50(7,8)9/h15-20,23-25,29H,10-14,21-22,26,49H2,1-9H3,(H,41,42,43). The Kier molecular flexibility index (Phi) is 10.6. The number of rotatable bonds is 13. The van der Waals surface area contributed by atoms with Crippen molar-refractivity contribution in [3.05, 3.63) is 60.4 Å². The first-order valence-corrected chi connectivity index (χ1v) is 23.2. The Morgan fingerprint density at radius 3 is 2.44 bits per heavy atom. The molecule has 1 aliphatic rings. The minimum atomic E-state index is -1.22. The maximum atomic E-state index is 6.60. The highest BCUT2D eigenvalue weighted by atomic mass is 28.3. The van der Waals surface area contributed by atoms with Crippen LogP contribution in [0, 0.1) is 0 Å². The highest BCUT2D eigenvalue weighted by molar-refractivity contribution is 6.76. The van der Waals surface area contributed by atoms with Gasteiger partial charge in [-0.3, -0.25) is 4.98 Å². The molecule has 0 aliphatic heterocycles. The number of aromatic nitrogens is 5. The van der Waals surface area contributed by atoms with Gasteiger partial charge >= 0.3 is 0 Å². The summed E-state index contributed by atoms with van der Waals surface area (Å²) in [5.74, 6) is 2.36. The summed E-state index contributed by atoms with van der Waals surface area (Å²) in [7, 11) is -0.261. The maximum Gasteiger partial charge on any atom is 0.209 e. The highest BCUT2D eigenvalue weighted by Gasteiger charge is 2.28. The van der Waals surface area contributed by atoms with Crippen LogP contribution in [0.5, 0.6) is 5.75 Å². The molecule has 3 heterocycles. The summed E-state index contributed by atoms with van der Waals surface area (Å²) < 4.78 is 22.9. The van der Waals surface area contributed by atoms with Crippen molar-refractivity contribution < 1.29 is 13.9 Å². The molecule has 3 aromatic heterocycles. The number of hydrogen-bond acceptors (Lipinski definition) is 7. The first kappa shape index (κ1) is 36.3. The van der Waals surface area contributed by atoms with Crippen LogP contribution in [0.1, 0.15) is 78.3 Å². The molecule has 0 spiro atoms. The Morgan fingerprint density at radius 1 is 0.960 bits per heavy atom. The number of imidazole rings is 1. The van der Waals surface area contributed by atoms with Crippen LogP contribution >= 0.6 is 0 Å². The number of pyridine rings is 1. The lowest BCUT2D eigenvalue weighted by atomic mass is 9.95. The second kappa shape index (κ2) is 14.6. The predicted octanol–water partition coefficient (Wildman–Crippen LogP) is 9.57. The van der Waals surface area contributed by atoms with E-state index >= 15 is 0 Å². The Morgan fingerprint density at radius 2 is 1.72 bits per heavy atom. The van der Waals surface area contributed by atoms with Crippen molar-refractivity contribution in [3.63, 3.8) is 0 Å². The third-order valence-electron chi connectivity index (χ3n) is 9.69. The second-order valence-electron chi connectivity index (χ2n) is 16.8. The van der Waals surface area contributed by atoms with E-state index in [0.717, 1.165) is 81.6 Å². The summed E-state index contributed by atoms with van der Waals surface area (Å²) in [6.07, 6.45) is 9.62. The normalized spacial score (nSPS) is 15.1. The fraction of sp³-hybridized carbons (Fsp3) is 0.513. The largest absolute Gasteiger partial charge is 0.496 e. The van der Waals surface area contributed by atoms with Crippen molar-refractivity contribution in [1.29, 1.82) is 0 Å². The number of anilines is 2. The maximum absolute atomic E-state index is 6.60. The van der Waals surface area contributed by atoms with E-state index in [1.165, 1.54) is 19.3 Å². The molecular formula is C39H56N6O3Si2. The van der Waals surface area contributed by atoms with Crippen molar-refractivity contribution in [3.8, 4) is 16.9 Å². The number of benzene rings is 2. The summed E-state index contributed by atoms with van der Waals surface area (Å²) in [4.78, 5) is 9.69. The zero-order chi connectivity index (χ0) is 35.7. The first-order chi connectivity index (χ1) is 23.7. The minimum absolute atomic E-state index is 0.217. The summed E-state index contributed by atoms with van der Waals surface area (Å²) in [5, 5.41) is 10.1. The van der Waals surface area contributed by atoms with Crippen LogP contribution in [0.25, 0.3) is 33.1 Å². The molecule has 1 N–H and O–H groups in total. The fourth-order valence-corrected chi connectivity index (χ4v) is 8.42. The molecule has 5 aromatic rings. The molecule has 50 heavy (non-hydrogen) atoms. The number of methoxy groups -OCH3 is 1. The molecule has 1 aliphatic carbocycles. The lowest BCUT2D eigenvalue weighted by Gasteiger charge is -2.30. The van der Waals surface area contributed by atoms with E-state index in [0.29, 0.717) is 12.8 Å². The van der Waals surface area contributed by atoms with Gasteiger partial charge < -0.3 is 23.8 Å². The van der Waals surface area contributed by atoms with Crippen molar-refractivity contribution >= 4 is 51.5 Å². The van der Waals surface area contributed by atoms with Gasteiger partial charge in [0.05, 0.1) is 29.3 Å². The van der Waals surface area contributed by atoms with Gasteiger partial charge in [0.25, 0.3) is 0 Å². The third-order valence-corrected chi connectivity index (χ3v) is 13.1. The van der Waals surface area contributed by atoms with Crippen molar-refractivity contribution in [2.24, 2.45) is 0 Å². The molecule has 0 bridgehead atoms. The SMILES string of the molecule is COc1ccncc1-c1ccc2c(c1)c(Nc1nc3cc(C(C)(C)O[SiH2]C(C)(C)C)ccc3n1C1CCCCC1)nn2COCC[Si](C)(C)C. The average molecular weight is 713 g/mol. The average Bonchev–Trinajstić information content (AvgIpc) is 3.62. The molecule has 9 nitrogen and oxygen atoms in total. The van der Waals surface area contributed by atoms with Crippen LogP contribution in [-0.2, 0) is 21.5 Å². The van der Waals surface area contributed by atoms with Gasteiger partial charge in [-0.25, -0.2) is 9.67 Å². The molecule has 0 unspecified atom stereocenters. The molecular weight excluding hydrogens is 657 g/mol. The summed E-state index contributed by atoms with van der Waals surface area (Å²) in [5.41, 5.74) is 5.83. The lowest BCUT2D eigenvalue weighted by molar-refractivity contribution is 0.0819. The zero-order valence-electron chi connectivity index (χ0n) is 31.6. The lowest BCUT2D eigenvalue weighted by Crippen LogP contribution is -2.27. The Balaban J connectivity index is 1.42. The number of hydrogen-bond donors (Lipinski definition) is 1. The molecule has 1 fully saturated rings. The molecule has 0 saturated heterocycles. The van der Waals surface area contributed by atoms with Gasteiger partial charge in [0.1, 0.15) is 12.5 Å². The van der Waals surface area contributed by atoms with Gasteiger partial charge in [0.2, 0.25) is 5.95 Å². The van der Waals surface area contributed by atoms with Crippen LogP contribution in [-0.4, -0.2) is 55.9 Å². The van der Waals surface area contributed by atoms with E-state index in [1.807, 2.05) is 16.9 Å². The highest BCUT2D eigenvalue weighted by Crippen LogP contribution is 2.39. The molecule has 1 saturated carbocycles. The molecule has 0 amide bonds. The monoisotopic (exact) mass is 712 g/mol. The number of fused-ring (bicyclic) bond motifs is 2. The summed E-state index contributed by atoms with van der Waals surface area (Å²) >= 11 is 0.